The molecule has 0 radical (unpaired) electrons. The number of carbonyl (C=O) groups excluding carboxylic acids is 1. The summed E-state index contributed by atoms with van der Waals surface area (Å²) in [6.45, 7) is 5.49. The Morgan fingerprint density at radius 2 is 2.05 bits per heavy atom. The minimum Gasteiger partial charge on any atom is -0.480 e. The number of hydrogen-bond acceptors (Lipinski definition) is 2. The molecule has 1 aromatic carbocycles. The standard InChI is InChI=1S/C16H22ClNO3/c1-4-6-13(14(19)20)18-15(21)16(2,3)10-11-7-5-8-12(17)9-11/h5,7-9,13H,4,6,10H2,1-3H3,(H,18,21)(H,19,20). The quantitative estimate of drug-likeness (QED) is 0.812. The summed E-state index contributed by atoms with van der Waals surface area (Å²) >= 11 is 5.94. The number of benzene rings is 1. The lowest BCUT2D eigenvalue weighted by Gasteiger charge is -2.26. The minimum absolute atomic E-state index is 0.261. The zero-order valence-corrected chi connectivity index (χ0v) is 13.4. The van der Waals surface area contributed by atoms with E-state index in [-0.39, 0.29) is 5.91 Å². The van der Waals surface area contributed by atoms with Crippen LogP contribution in [0.3, 0.4) is 0 Å². The maximum absolute atomic E-state index is 12.3. The van der Waals surface area contributed by atoms with Gasteiger partial charge in [-0.25, -0.2) is 4.79 Å². The van der Waals surface area contributed by atoms with E-state index in [2.05, 4.69) is 5.32 Å². The maximum Gasteiger partial charge on any atom is 0.326 e. The van der Waals surface area contributed by atoms with Crippen molar-refractivity contribution in [3.63, 3.8) is 0 Å². The van der Waals surface area contributed by atoms with Crippen molar-refractivity contribution in [3.8, 4) is 0 Å². The molecule has 21 heavy (non-hydrogen) atoms. The van der Waals surface area contributed by atoms with Gasteiger partial charge in [-0.15, -0.1) is 0 Å². The van der Waals surface area contributed by atoms with Crippen molar-refractivity contribution in [2.45, 2.75) is 46.1 Å². The van der Waals surface area contributed by atoms with Crippen molar-refractivity contribution in [1.82, 2.24) is 5.32 Å². The monoisotopic (exact) mass is 311 g/mol. The predicted octanol–water partition coefficient (Wildman–Crippen LogP) is 3.28. The Morgan fingerprint density at radius 3 is 2.57 bits per heavy atom. The van der Waals surface area contributed by atoms with Crippen LogP contribution in [-0.4, -0.2) is 23.0 Å². The van der Waals surface area contributed by atoms with Crippen LogP contribution in [-0.2, 0) is 16.0 Å². The molecule has 0 bridgehead atoms. The van der Waals surface area contributed by atoms with Crippen molar-refractivity contribution >= 4 is 23.5 Å². The molecule has 0 aliphatic rings. The van der Waals surface area contributed by atoms with Gasteiger partial charge in [0.05, 0.1) is 0 Å². The first kappa shape index (κ1) is 17.5. The highest BCUT2D eigenvalue weighted by Crippen LogP contribution is 2.24. The van der Waals surface area contributed by atoms with E-state index in [1.807, 2.05) is 25.1 Å². The molecule has 4 nitrogen and oxygen atoms in total. The Labute approximate surface area is 130 Å². The molecule has 5 heteroatoms. The summed E-state index contributed by atoms with van der Waals surface area (Å²) in [7, 11) is 0. The van der Waals surface area contributed by atoms with Crippen LogP contribution in [0.2, 0.25) is 5.02 Å². The average Bonchev–Trinajstić information content (AvgIpc) is 2.37. The number of aliphatic carboxylic acids is 1. The first-order chi connectivity index (χ1) is 9.76. The topological polar surface area (TPSA) is 66.4 Å². The molecule has 0 saturated carbocycles. The van der Waals surface area contributed by atoms with Gasteiger partial charge in [0.15, 0.2) is 0 Å². The molecule has 116 valence electrons. The molecule has 2 N–H and O–H groups in total. The predicted molar refractivity (Wildman–Crippen MR) is 83.4 cm³/mol. The Balaban J connectivity index is 2.76. The number of carboxylic acids is 1. The fourth-order valence-electron chi connectivity index (χ4n) is 2.14. The van der Waals surface area contributed by atoms with Gasteiger partial charge in [0.2, 0.25) is 5.91 Å². The first-order valence-electron chi connectivity index (χ1n) is 7.04. The highest BCUT2D eigenvalue weighted by atomic mass is 35.5. The first-order valence-corrected chi connectivity index (χ1v) is 7.42. The molecule has 0 aliphatic heterocycles. The van der Waals surface area contributed by atoms with Gasteiger partial charge in [-0.05, 0) is 30.5 Å². The summed E-state index contributed by atoms with van der Waals surface area (Å²) in [6, 6.07) is 6.50. The number of carboxylic acid groups (broad SMARTS) is 1. The SMILES string of the molecule is CCCC(NC(=O)C(C)(C)Cc1cccc(Cl)c1)C(=O)O. The maximum atomic E-state index is 12.3. The van der Waals surface area contributed by atoms with Gasteiger partial charge in [0.25, 0.3) is 0 Å². The molecule has 1 amide bonds. The Bertz CT molecular complexity index is 514. The molecule has 0 aromatic heterocycles. The lowest BCUT2D eigenvalue weighted by atomic mass is 9.84. The van der Waals surface area contributed by atoms with Crippen LogP contribution in [0.4, 0.5) is 0 Å². The summed E-state index contributed by atoms with van der Waals surface area (Å²) in [4.78, 5) is 23.5. The van der Waals surface area contributed by atoms with Gasteiger partial charge in [0, 0.05) is 10.4 Å². The molecule has 0 aliphatic carbocycles. The zero-order chi connectivity index (χ0) is 16.0. The second kappa shape index (κ2) is 7.46. The van der Waals surface area contributed by atoms with Crippen LogP contribution in [0, 0.1) is 5.41 Å². The number of halogens is 1. The average molecular weight is 312 g/mol. The molecule has 1 rings (SSSR count). The van der Waals surface area contributed by atoms with Crippen molar-refractivity contribution in [2.24, 2.45) is 5.41 Å². The third-order valence-electron chi connectivity index (χ3n) is 3.33. The second-order valence-corrected chi connectivity index (χ2v) is 6.28. The molecule has 1 unspecified atom stereocenters. The van der Waals surface area contributed by atoms with E-state index in [1.165, 1.54) is 0 Å². The third-order valence-corrected chi connectivity index (χ3v) is 3.57. The van der Waals surface area contributed by atoms with E-state index in [0.29, 0.717) is 24.3 Å². The second-order valence-electron chi connectivity index (χ2n) is 5.84. The highest BCUT2D eigenvalue weighted by molar-refractivity contribution is 6.30. The van der Waals surface area contributed by atoms with E-state index in [1.54, 1.807) is 19.9 Å². The molecule has 1 atom stereocenters. The lowest BCUT2D eigenvalue weighted by molar-refractivity contribution is -0.143. The minimum atomic E-state index is -0.997. The highest BCUT2D eigenvalue weighted by Gasteiger charge is 2.31. The fraction of sp³-hybridized carbons (Fsp3) is 0.500. The Kier molecular flexibility index (Phi) is 6.21. The number of amides is 1. The smallest absolute Gasteiger partial charge is 0.326 e. The van der Waals surface area contributed by atoms with E-state index in [9.17, 15) is 9.59 Å². The molecular weight excluding hydrogens is 290 g/mol. The van der Waals surface area contributed by atoms with Crippen LogP contribution in [0.15, 0.2) is 24.3 Å². The number of rotatable bonds is 7. The van der Waals surface area contributed by atoms with Crippen LogP contribution < -0.4 is 5.32 Å². The van der Waals surface area contributed by atoms with Crippen molar-refractivity contribution < 1.29 is 14.7 Å². The number of nitrogens with one attached hydrogen (secondary N) is 1. The number of carbonyl (C=O) groups is 2. The van der Waals surface area contributed by atoms with Crippen molar-refractivity contribution in [2.75, 3.05) is 0 Å². The van der Waals surface area contributed by atoms with E-state index < -0.39 is 17.4 Å². The Morgan fingerprint density at radius 1 is 1.38 bits per heavy atom. The van der Waals surface area contributed by atoms with Crippen molar-refractivity contribution in [1.29, 1.82) is 0 Å². The molecule has 0 fully saturated rings. The van der Waals surface area contributed by atoms with Gasteiger partial charge >= 0.3 is 5.97 Å². The summed E-state index contributed by atoms with van der Waals surface area (Å²) in [5, 5.41) is 12.4. The van der Waals surface area contributed by atoms with Crippen LogP contribution in [0.5, 0.6) is 0 Å². The molecule has 1 aromatic rings. The van der Waals surface area contributed by atoms with Crippen LogP contribution in [0.25, 0.3) is 0 Å². The van der Waals surface area contributed by atoms with E-state index in [4.69, 9.17) is 16.7 Å². The molecule has 0 spiro atoms. The van der Waals surface area contributed by atoms with Crippen LogP contribution >= 0.6 is 11.6 Å². The summed E-state index contributed by atoms with van der Waals surface area (Å²) in [5.74, 6) is -1.26. The molecule has 0 heterocycles. The fourth-order valence-corrected chi connectivity index (χ4v) is 2.35. The van der Waals surface area contributed by atoms with Crippen LogP contribution in [0.1, 0.15) is 39.2 Å². The summed E-state index contributed by atoms with van der Waals surface area (Å²) in [5.41, 5.74) is 0.247. The van der Waals surface area contributed by atoms with Gasteiger partial charge in [-0.2, -0.15) is 0 Å². The number of hydrogen-bond donors (Lipinski definition) is 2. The third kappa shape index (κ3) is 5.38. The van der Waals surface area contributed by atoms with Gasteiger partial charge in [0.1, 0.15) is 6.04 Å². The summed E-state index contributed by atoms with van der Waals surface area (Å²) in [6.07, 6.45) is 1.62. The van der Waals surface area contributed by atoms with Gasteiger partial charge in [-0.1, -0.05) is 50.9 Å². The zero-order valence-electron chi connectivity index (χ0n) is 12.6. The molecular formula is C16H22ClNO3. The van der Waals surface area contributed by atoms with Gasteiger partial charge < -0.3 is 10.4 Å². The van der Waals surface area contributed by atoms with Crippen molar-refractivity contribution in [3.05, 3.63) is 34.9 Å². The normalized spacial score (nSPS) is 12.8. The Hall–Kier alpha value is -1.55. The van der Waals surface area contributed by atoms with E-state index in [0.717, 1.165) is 5.56 Å². The largest absolute Gasteiger partial charge is 0.480 e. The molecule has 0 saturated heterocycles. The van der Waals surface area contributed by atoms with E-state index >= 15 is 0 Å². The summed E-state index contributed by atoms with van der Waals surface area (Å²) < 4.78 is 0. The van der Waals surface area contributed by atoms with Gasteiger partial charge in [-0.3, -0.25) is 4.79 Å². The lowest BCUT2D eigenvalue weighted by Crippen LogP contribution is -2.47.